The topological polar surface area (TPSA) is 76.8 Å². The molecule has 4 rings (SSSR count). The van der Waals surface area contributed by atoms with Gasteiger partial charge < -0.3 is 24.1 Å². The fourth-order valence-electron chi connectivity index (χ4n) is 4.09. The molecule has 1 atom stereocenters. The lowest BCUT2D eigenvalue weighted by molar-refractivity contribution is -0.125. The molecule has 1 aromatic heterocycles. The fraction of sp³-hybridized carbons (Fsp3) is 0.440. The smallest absolute Gasteiger partial charge is 0.298 e. The van der Waals surface area contributed by atoms with Crippen LogP contribution in [0.2, 0.25) is 0 Å². The quantitative estimate of drug-likeness (QED) is 0.541. The highest BCUT2D eigenvalue weighted by Crippen LogP contribution is 2.29. The van der Waals surface area contributed by atoms with Gasteiger partial charge in [0.1, 0.15) is 5.52 Å². The van der Waals surface area contributed by atoms with Crippen LogP contribution in [-0.4, -0.2) is 43.7 Å². The van der Waals surface area contributed by atoms with Gasteiger partial charge in [-0.3, -0.25) is 4.79 Å². The van der Waals surface area contributed by atoms with E-state index in [0.29, 0.717) is 32.3 Å². The summed E-state index contributed by atoms with van der Waals surface area (Å²) < 4.78 is 17.2. The molecule has 1 aliphatic heterocycles. The van der Waals surface area contributed by atoms with Gasteiger partial charge in [-0.1, -0.05) is 18.2 Å². The fourth-order valence-corrected chi connectivity index (χ4v) is 4.09. The second-order valence-corrected chi connectivity index (χ2v) is 7.94. The van der Waals surface area contributed by atoms with Crippen molar-refractivity contribution in [3.05, 3.63) is 48.0 Å². The predicted octanol–water partition coefficient (Wildman–Crippen LogP) is 4.20. The third kappa shape index (κ3) is 5.15. The Bertz CT molecular complexity index is 1020. The molecule has 7 nitrogen and oxygen atoms in total. The lowest BCUT2D eigenvalue weighted by atomic mass is 9.97. The SMILES string of the molecule is CCOc1ccc(CCNC(=O)[C@H]2CCCN(c3nc4ccccc4o3)C2)cc1OCC. The lowest BCUT2D eigenvalue weighted by Crippen LogP contribution is -2.43. The number of hydrogen-bond donors (Lipinski definition) is 1. The van der Waals surface area contributed by atoms with Crippen LogP contribution in [0.3, 0.4) is 0 Å². The molecule has 0 spiro atoms. The Hall–Kier alpha value is -3.22. The molecular formula is C25H31N3O4. The number of nitrogens with one attached hydrogen (secondary N) is 1. The number of ether oxygens (including phenoxy) is 2. The maximum absolute atomic E-state index is 12.8. The van der Waals surface area contributed by atoms with Gasteiger partial charge in [-0.15, -0.1) is 0 Å². The zero-order valence-corrected chi connectivity index (χ0v) is 18.8. The molecule has 1 fully saturated rings. The van der Waals surface area contributed by atoms with Crippen molar-refractivity contribution in [2.45, 2.75) is 33.1 Å². The third-order valence-electron chi connectivity index (χ3n) is 5.67. The van der Waals surface area contributed by atoms with Gasteiger partial charge in [-0.05, 0) is 62.9 Å². The molecule has 1 saturated heterocycles. The molecule has 170 valence electrons. The number of carbonyl (C=O) groups excluding carboxylic acids is 1. The molecule has 0 unspecified atom stereocenters. The zero-order valence-electron chi connectivity index (χ0n) is 18.8. The predicted molar refractivity (Wildman–Crippen MR) is 124 cm³/mol. The van der Waals surface area contributed by atoms with Gasteiger partial charge in [0.25, 0.3) is 6.01 Å². The highest BCUT2D eigenvalue weighted by Gasteiger charge is 2.28. The van der Waals surface area contributed by atoms with E-state index in [0.717, 1.165) is 54.0 Å². The summed E-state index contributed by atoms with van der Waals surface area (Å²) >= 11 is 0. The van der Waals surface area contributed by atoms with E-state index in [2.05, 4.69) is 15.2 Å². The average molecular weight is 438 g/mol. The Labute approximate surface area is 188 Å². The molecule has 1 amide bonds. The summed E-state index contributed by atoms with van der Waals surface area (Å²) in [5, 5.41) is 3.10. The number of benzene rings is 2. The van der Waals surface area contributed by atoms with Crippen LogP contribution in [0.15, 0.2) is 46.9 Å². The number of aromatic nitrogens is 1. The number of fused-ring (bicyclic) bond motifs is 1. The summed E-state index contributed by atoms with van der Waals surface area (Å²) in [6.07, 6.45) is 2.55. The summed E-state index contributed by atoms with van der Waals surface area (Å²) in [4.78, 5) is 19.5. The molecule has 2 aromatic carbocycles. The minimum atomic E-state index is -0.0712. The van der Waals surface area contributed by atoms with E-state index in [1.165, 1.54) is 0 Å². The largest absolute Gasteiger partial charge is 0.490 e. The Morgan fingerprint density at radius 3 is 2.78 bits per heavy atom. The number of para-hydroxylation sites is 2. The minimum absolute atomic E-state index is 0.0712. The maximum atomic E-state index is 12.8. The summed E-state index contributed by atoms with van der Waals surface area (Å²) in [5.74, 6) is 1.52. The second kappa shape index (κ2) is 10.4. The van der Waals surface area contributed by atoms with Gasteiger partial charge in [0.05, 0.1) is 19.1 Å². The number of anilines is 1. The first-order chi connectivity index (χ1) is 15.7. The van der Waals surface area contributed by atoms with Crippen LogP contribution >= 0.6 is 0 Å². The number of oxazole rings is 1. The summed E-state index contributed by atoms with van der Waals surface area (Å²) in [6, 6.07) is 14.3. The van der Waals surface area contributed by atoms with Crippen molar-refractivity contribution in [2.75, 3.05) is 37.7 Å². The molecule has 0 bridgehead atoms. The van der Waals surface area contributed by atoms with Crippen LogP contribution in [-0.2, 0) is 11.2 Å². The number of piperidine rings is 1. The number of hydrogen-bond acceptors (Lipinski definition) is 6. The molecule has 1 aliphatic rings. The first-order valence-electron chi connectivity index (χ1n) is 11.4. The van der Waals surface area contributed by atoms with Gasteiger partial charge in [-0.25, -0.2) is 0 Å². The average Bonchev–Trinajstić information content (AvgIpc) is 3.25. The molecule has 3 aromatic rings. The highest BCUT2D eigenvalue weighted by atomic mass is 16.5. The third-order valence-corrected chi connectivity index (χ3v) is 5.67. The first-order valence-corrected chi connectivity index (χ1v) is 11.4. The van der Waals surface area contributed by atoms with Crippen LogP contribution in [0, 0.1) is 5.92 Å². The maximum Gasteiger partial charge on any atom is 0.298 e. The Morgan fingerprint density at radius 2 is 1.97 bits per heavy atom. The molecule has 7 heteroatoms. The number of nitrogens with zero attached hydrogens (tertiary/aromatic N) is 2. The Morgan fingerprint density at radius 1 is 1.16 bits per heavy atom. The molecule has 0 aliphatic carbocycles. The van der Waals surface area contributed by atoms with E-state index in [4.69, 9.17) is 13.9 Å². The number of amides is 1. The van der Waals surface area contributed by atoms with Crippen molar-refractivity contribution in [3.63, 3.8) is 0 Å². The van der Waals surface area contributed by atoms with Crippen LogP contribution < -0.4 is 19.7 Å². The minimum Gasteiger partial charge on any atom is -0.490 e. The van der Waals surface area contributed by atoms with E-state index in [9.17, 15) is 4.79 Å². The Kier molecular flexibility index (Phi) is 7.14. The van der Waals surface area contributed by atoms with E-state index in [1.807, 2.05) is 56.3 Å². The summed E-state index contributed by atoms with van der Waals surface area (Å²) in [5.41, 5.74) is 2.72. The van der Waals surface area contributed by atoms with Crippen LogP contribution in [0.4, 0.5) is 6.01 Å². The van der Waals surface area contributed by atoms with Crippen molar-refractivity contribution >= 4 is 23.0 Å². The van der Waals surface area contributed by atoms with E-state index >= 15 is 0 Å². The standard InChI is InChI=1S/C25H31N3O4/c1-3-30-22-12-11-18(16-23(22)31-4-2)13-14-26-24(29)19-8-7-15-28(17-19)25-27-20-9-5-6-10-21(20)32-25/h5-6,9-12,16,19H,3-4,7-8,13-15,17H2,1-2H3,(H,26,29)/t19-/m0/s1. The van der Waals surface area contributed by atoms with Gasteiger partial charge >= 0.3 is 0 Å². The molecular weight excluding hydrogens is 406 g/mol. The Balaban J connectivity index is 1.31. The summed E-state index contributed by atoms with van der Waals surface area (Å²) in [7, 11) is 0. The monoisotopic (exact) mass is 437 g/mol. The van der Waals surface area contributed by atoms with E-state index < -0.39 is 0 Å². The molecule has 0 radical (unpaired) electrons. The second-order valence-electron chi connectivity index (χ2n) is 7.94. The van der Waals surface area contributed by atoms with Gasteiger partial charge in [0, 0.05) is 19.6 Å². The molecule has 1 N–H and O–H groups in total. The van der Waals surface area contributed by atoms with E-state index in [1.54, 1.807) is 0 Å². The van der Waals surface area contributed by atoms with Crippen molar-refractivity contribution in [3.8, 4) is 11.5 Å². The van der Waals surface area contributed by atoms with Crippen LogP contribution in [0.5, 0.6) is 11.5 Å². The van der Waals surface area contributed by atoms with Crippen LogP contribution in [0.1, 0.15) is 32.3 Å². The summed E-state index contributed by atoms with van der Waals surface area (Å²) in [6.45, 7) is 7.14. The lowest BCUT2D eigenvalue weighted by Gasteiger charge is -2.30. The number of carbonyl (C=O) groups is 1. The van der Waals surface area contributed by atoms with Crippen LogP contribution in [0.25, 0.3) is 11.1 Å². The van der Waals surface area contributed by atoms with Gasteiger partial charge in [-0.2, -0.15) is 4.98 Å². The van der Waals surface area contributed by atoms with Crippen molar-refractivity contribution in [2.24, 2.45) is 5.92 Å². The number of rotatable bonds is 9. The van der Waals surface area contributed by atoms with Gasteiger partial charge in [0.2, 0.25) is 5.91 Å². The van der Waals surface area contributed by atoms with Crippen molar-refractivity contribution < 1.29 is 18.7 Å². The van der Waals surface area contributed by atoms with Crippen molar-refractivity contribution in [1.82, 2.24) is 10.3 Å². The van der Waals surface area contributed by atoms with Crippen molar-refractivity contribution in [1.29, 1.82) is 0 Å². The normalized spacial score (nSPS) is 16.2. The molecule has 2 heterocycles. The van der Waals surface area contributed by atoms with Gasteiger partial charge in [0.15, 0.2) is 17.1 Å². The highest BCUT2D eigenvalue weighted by molar-refractivity contribution is 5.80. The zero-order chi connectivity index (χ0) is 22.3. The molecule has 32 heavy (non-hydrogen) atoms. The van der Waals surface area contributed by atoms with E-state index in [-0.39, 0.29) is 11.8 Å². The first kappa shape index (κ1) is 22.0. The molecule has 0 saturated carbocycles.